The fourth-order valence-corrected chi connectivity index (χ4v) is 2.17. The minimum Gasteiger partial charge on any atom is -0.324 e. The van der Waals surface area contributed by atoms with Crippen LogP contribution >= 0.6 is 11.6 Å². The van der Waals surface area contributed by atoms with E-state index in [1.165, 1.54) is 12.1 Å². The number of hydrogen-bond donors (Lipinski definition) is 1. The Morgan fingerprint density at radius 1 is 1.50 bits per heavy atom. The van der Waals surface area contributed by atoms with Gasteiger partial charge in [0.15, 0.2) is 0 Å². The molecule has 0 aliphatic carbocycles. The van der Waals surface area contributed by atoms with Crippen LogP contribution < -0.4 is 5.73 Å². The highest BCUT2D eigenvalue weighted by atomic mass is 35.5. The normalized spacial score (nSPS) is 13.8. The summed E-state index contributed by atoms with van der Waals surface area (Å²) in [7, 11) is -3.09. The Balaban J connectivity index is 2.81. The molecule has 16 heavy (non-hydrogen) atoms. The SMILES string of the molecule is CS(=O)(=O)CCC(N)c1cccc(Cl)c1F. The third-order valence-corrected chi connectivity index (χ3v) is 3.45. The van der Waals surface area contributed by atoms with E-state index in [-0.39, 0.29) is 22.8 Å². The zero-order chi connectivity index (χ0) is 12.3. The van der Waals surface area contributed by atoms with Gasteiger partial charge < -0.3 is 5.73 Å². The zero-order valence-corrected chi connectivity index (χ0v) is 10.4. The van der Waals surface area contributed by atoms with Gasteiger partial charge in [-0.15, -0.1) is 0 Å². The van der Waals surface area contributed by atoms with Crippen LogP contribution in [0.1, 0.15) is 18.0 Å². The van der Waals surface area contributed by atoms with Gasteiger partial charge in [0.1, 0.15) is 15.7 Å². The van der Waals surface area contributed by atoms with E-state index in [9.17, 15) is 12.8 Å². The summed E-state index contributed by atoms with van der Waals surface area (Å²) in [6.45, 7) is 0. The Morgan fingerprint density at radius 3 is 2.69 bits per heavy atom. The predicted molar refractivity (Wildman–Crippen MR) is 62.7 cm³/mol. The fraction of sp³-hybridized carbons (Fsp3) is 0.400. The van der Waals surface area contributed by atoms with Crippen LogP contribution in [0.25, 0.3) is 0 Å². The van der Waals surface area contributed by atoms with Crippen LogP contribution in [-0.2, 0) is 9.84 Å². The Morgan fingerprint density at radius 2 is 2.12 bits per heavy atom. The summed E-state index contributed by atoms with van der Waals surface area (Å²) in [4.78, 5) is 0. The molecule has 0 bridgehead atoms. The van der Waals surface area contributed by atoms with Crippen LogP contribution in [0.2, 0.25) is 5.02 Å². The zero-order valence-electron chi connectivity index (χ0n) is 8.78. The molecule has 0 spiro atoms. The van der Waals surface area contributed by atoms with Gasteiger partial charge in [0, 0.05) is 17.9 Å². The quantitative estimate of drug-likeness (QED) is 0.905. The van der Waals surface area contributed by atoms with Crippen molar-refractivity contribution in [2.24, 2.45) is 5.73 Å². The van der Waals surface area contributed by atoms with Crippen molar-refractivity contribution in [3.05, 3.63) is 34.6 Å². The van der Waals surface area contributed by atoms with E-state index in [4.69, 9.17) is 17.3 Å². The lowest BCUT2D eigenvalue weighted by atomic mass is 10.1. The van der Waals surface area contributed by atoms with E-state index in [1.54, 1.807) is 6.07 Å². The maximum absolute atomic E-state index is 13.5. The number of sulfone groups is 1. The summed E-state index contributed by atoms with van der Waals surface area (Å²) < 4.78 is 35.4. The highest BCUT2D eigenvalue weighted by Gasteiger charge is 2.15. The van der Waals surface area contributed by atoms with Crippen LogP contribution in [0, 0.1) is 5.82 Å². The lowest BCUT2D eigenvalue weighted by molar-refractivity contribution is 0.566. The molecule has 90 valence electrons. The molecule has 1 unspecified atom stereocenters. The minimum absolute atomic E-state index is 0.00712. The molecule has 1 aromatic rings. The van der Waals surface area contributed by atoms with Crippen molar-refractivity contribution in [3.8, 4) is 0 Å². The lowest BCUT2D eigenvalue weighted by Gasteiger charge is -2.12. The second-order valence-electron chi connectivity index (χ2n) is 3.67. The lowest BCUT2D eigenvalue weighted by Crippen LogP contribution is -2.17. The van der Waals surface area contributed by atoms with Gasteiger partial charge in [-0.2, -0.15) is 0 Å². The largest absolute Gasteiger partial charge is 0.324 e. The van der Waals surface area contributed by atoms with Gasteiger partial charge in [0.05, 0.1) is 10.8 Å². The highest BCUT2D eigenvalue weighted by molar-refractivity contribution is 7.90. The van der Waals surface area contributed by atoms with E-state index in [1.807, 2.05) is 0 Å². The van der Waals surface area contributed by atoms with E-state index >= 15 is 0 Å². The fourth-order valence-electron chi connectivity index (χ4n) is 1.30. The maximum Gasteiger partial charge on any atom is 0.147 e. The molecule has 0 saturated heterocycles. The molecule has 0 amide bonds. The van der Waals surface area contributed by atoms with Crippen molar-refractivity contribution in [2.45, 2.75) is 12.5 Å². The highest BCUT2D eigenvalue weighted by Crippen LogP contribution is 2.23. The van der Waals surface area contributed by atoms with Gasteiger partial charge in [-0.1, -0.05) is 23.7 Å². The van der Waals surface area contributed by atoms with Crippen LogP contribution in [0.15, 0.2) is 18.2 Å². The summed E-state index contributed by atoms with van der Waals surface area (Å²) in [5.74, 6) is -0.648. The van der Waals surface area contributed by atoms with E-state index < -0.39 is 21.7 Å². The second kappa shape index (κ2) is 5.12. The predicted octanol–water partition coefficient (Wildman–Crippen LogP) is 1.91. The van der Waals surface area contributed by atoms with Crippen molar-refractivity contribution < 1.29 is 12.8 Å². The number of nitrogens with two attached hydrogens (primary N) is 1. The molecule has 1 aromatic carbocycles. The average molecular weight is 266 g/mol. The number of hydrogen-bond acceptors (Lipinski definition) is 3. The van der Waals surface area contributed by atoms with Crippen LogP contribution in [0.5, 0.6) is 0 Å². The van der Waals surface area contributed by atoms with Gasteiger partial charge in [0.2, 0.25) is 0 Å². The molecule has 3 nitrogen and oxygen atoms in total. The molecule has 0 saturated carbocycles. The molecule has 0 fully saturated rings. The minimum atomic E-state index is -3.09. The van der Waals surface area contributed by atoms with Crippen molar-refractivity contribution >= 4 is 21.4 Å². The molecule has 0 aliphatic heterocycles. The van der Waals surface area contributed by atoms with Gasteiger partial charge in [-0.25, -0.2) is 12.8 Å². The third-order valence-electron chi connectivity index (χ3n) is 2.18. The first-order valence-corrected chi connectivity index (χ1v) is 7.12. The average Bonchev–Trinajstić information content (AvgIpc) is 2.17. The van der Waals surface area contributed by atoms with Crippen molar-refractivity contribution in [1.29, 1.82) is 0 Å². The van der Waals surface area contributed by atoms with Gasteiger partial charge >= 0.3 is 0 Å². The summed E-state index contributed by atoms with van der Waals surface area (Å²) in [5, 5.41) is -0.00712. The first kappa shape index (κ1) is 13.4. The molecule has 0 aromatic heterocycles. The monoisotopic (exact) mass is 265 g/mol. The summed E-state index contributed by atoms with van der Waals surface area (Å²) >= 11 is 5.60. The smallest absolute Gasteiger partial charge is 0.147 e. The van der Waals surface area contributed by atoms with Crippen LogP contribution in [-0.4, -0.2) is 20.4 Å². The van der Waals surface area contributed by atoms with Crippen molar-refractivity contribution in [1.82, 2.24) is 0 Å². The van der Waals surface area contributed by atoms with Crippen LogP contribution in [0.4, 0.5) is 4.39 Å². The maximum atomic E-state index is 13.5. The van der Waals surface area contributed by atoms with Crippen molar-refractivity contribution in [3.63, 3.8) is 0 Å². The molecule has 1 rings (SSSR count). The number of halogens is 2. The first-order chi connectivity index (χ1) is 7.31. The molecule has 6 heteroatoms. The van der Waals surface area contributed by atoms with E-state index in [2.05, 4.69) is 0 Å². The van der Waals surface area contributed by atoms with E-state index in [0.29, 0.717) is 0 Å². The van der Waals surface area contributed by atoms with Gasteiger partial charge in [-0.3, -0.25) is 0 Å². The first-order valence-electron chi connectivity index (χ1n) is 4.68. The standard InChI is InChI=1S/C10H13ClFNO2S/c1-16(14,15)6-5-9(13)7-3-2-4-8(11)10(7)12/h2-4,9H,5-6,13H2,1H3. The number of rotatable bonds is 4. The molecule has 2 N–H and O–H groups in total. The summed E-state index contributed by atoms with van der Waals surface area (Å²) in [6, 6.07) is 3.85. The Hall–Kier alpha value is -0.650. The van der Waals surface area contributed by atoms with Gasteiger partial charge in [0.25, 0.3) is 0 Å². The molecular formula is C10H13ClFNO2S. The van der Waals surface area contributed by atoms with Crippen molar-refractivity contribution in [2.75, 3.05) is 12.0 Å². The third kappa shape index (κ3) is 3.73. The number of benzene rings is 1. The van der Waals surface area contributed by atoms with Crippen LogP contribution in [0.3, 0.4) is 0 Å². The molecule has 0 heterocycles. The van der Waals surface area contributed by atoms with E-state index in [0.717, 1.165) is 6.26 Å². The topological polar surface area (TPSA) is 60.2 Å². The Bertz CT molecular complexity index is 476. The second-order valence-corrected chi connectivity index (χ2v) is 6.34. The molecule has 0 radical (unpaired) electrons. The summed E-state index contributed by atoms with van der Waals surface area (Å²) in [5.41, 5.74) is 5.96. The molecular weight excluding hydrogens is 253 g/mol. The van der Waals surface area contributed by atoms with Gasteiger partial charge in [-0.05, 0) is 12.5 Å². The Kier molecular flexibility index (Phi) is 4.29. The molecule has 0 aliphatic rings. The summed E-state index contributed by atoms with van der Waals surface area (Å²) in [6.07, 6.45) is 1.30. The molecule has 1 atom stereocenters. The Labute approximate surface area is 99.3 Å².